The normalized spacial score (nSPS) is 12.0. The van der Waals surface area contributed by atoms with Crippen LogP contribution in [0.5, 0.6) is 5.75 Å². The number of alkyl halides is 3. The maximum absolute atomic E-state index is 12.4. The van der Waals surface area contributed by atoms with E-state index in [1.165, 1.54) is 6.07 Å². The Bertz CT molecular complexity index is 646. The number of ether oxygens (including phenoxy) is 1. The van der Waals surface area contributed by atoms with Gasteiger partial charge >= 0.3 is 6.18 Å². The summed E-state index contributed by atoms with van der Waals surface area (Å²) in [6.07, 6.45) is -4.41. The van der Waals surface area contributed by atoms with E-state index < -0.39 is 12.8 Å². The fraction of sp³-hybridized carbons (Fsp3) is 0.556. The summed E-state index contributed by atoms with van der Waals surface area (Å²) < 4.78 is 42.0. The van der Waals surface area contributed by atoms with Crippen LogP contribution in [0.1, 0.15) is 33.3 Å². The summed E-state index contributed by atoms with van der Waals surface area (Å²) in [4.78, 5) is 16.2. The first-order valence-corrected chi connectivity index (χ1v) is 8.61. The summed E-state index contributed by atoms with van der Waals surface area (Å²) in [5.41, 5.74) is 0.168. The van der Waals surface area contributed by atoms with Gasteiger partial charge in [0.05, 0.1) is 13.1 Å². The summed E-state index contributed by atoms with van der Waals surface area (Å²) in [7, 11) is 0. The van der Waals surface area contributed by atoms with Gasteiger partial charge in [0.15, 0.2) is 12.6 Å². The van der Waals surface area contributed by atoms with Crippen LogP contribution in [0.25, 0.3) is 0 Å². The summed E-state index contributed by atoms with van der Waals surface area (Å²) in [5, 5.41) is 8.70. The summed E-state index contributed by atoms with van der Waals surface area (Å²) in [6.45, 7) is 6.83. The number of hydrogen-bond donors (Lipinski definition) is 3. The molecule has 160 valence electrons. The second-order valence-electron chi connectivity index (χ2n) is 6.86. The molecule has 0 aliphatic carbocycles. The molecule has 0 aliphatic rings. The fourth-order valence-corrected chi connectivity index (χ4v) is 2.07. The highest BCUT2D eigenvalue weighted by Gasteiger charge is 2.28. The monoisotopic (exact) mass is 516 g/mol. The average molecular weight is 516 g/mol. The molecule has 6 nitrogen and oxygen atoms in total. The molecule has 1 amide bonds. The molecule has 28 heavy (non-hydrogen) atoms. The maximum Gasteiger partial charge on any atom is 0.422 e. The third-order valence-corrected chi connectivity index (χ3v) is 3.05. The van der Waals surface area contributed by atoms with Crippen molar-refractivity contribution in [3.8, 4) is 5.75 Å². The molecule has 0 saturated heterocycles. The van der Waals surface area contributed by atoms with Gasteiger partial charge in [-0.3, -0.25) is 4.79 Å². The number of nitrogens with zero attached hydrogens (tertiary/aromatic N) is 1. The predicted molar refractivity (Wildman–Crippen MR) is 114 cm³/mol. The van der Waals surface area contributed by atoms with E-state index in [2.05, 4.69) is 20.9 Å². The zero-order chi connectivity index (χ0) is 20.5. The summed E-state index contributed by atoms with van der Waals surface area (Å²) >= 11 is 0. The zero-order valence-corrected chi connectivity index (χ0v) is 18.8. The van der Waals surface area contributed by atoms with Crippen molar-refractivity contribution in [1.29, 1.82) is 0 Å². The molecule has 1 aromatic carbocycles. The van der Waals surface area contributed by atoms with E-state index in [1.54, 1.807) is 18.2 Å². The molecule has 1 rings (SSSR count). The van der Waals surface area contributed by atoms with E-state index in [-0.39, 0.29) is 54.3 Å². The highest BCUT2D eigenvalue weighted by atomic mass is 127. The molecule has 0 radical (unpaired) electrons. The van der Waals surface area contributed by atoms with E-state index >= 15 is 0 Å². The highest BCUT2D eigenvalue weighted by Crippen LogP contribution is 2.22. The van der Waals surface area contributed by atoms with Crippen molar-refractivity contribution in [2.24, 2.45) is 4.99 Å². The molecule has 0 unspecified atom stereocenters. The van der Waals surface area contributed by atoms with E-state index in [1.807, 2.05) is 27.7 Å². The smallest absolute Gasteiger partial charge is 0.422 e. The highest BCUT2D eigenvalue weighted by molar-refractivity contribution is 14.0. The average Bonchev–Trinajstić information content (AvgIpc) is 2.54. The molecule has 0 heterocycles. The van der Waals surface area contributed by atoms with Gasteiger partial charge in [0.2, 0.25) is 5.91 Å². The van der Waals surface area contributed by atoms with Crippen LogP contribution in [-0.4, -0.2) is 43.3 Å². The Hall–Kier alpha value is -1.72. The minimum absolute atomic E-state index is 0. The van der Waals surface area contributed by atoms with Crippen LogP contribution >= 0.6 is 24.0 Å². The lowest BCUT2D eigenvalue weighted by molar-refractivity contribution is -0.153. The van der Waals surface area contributed by atoms with Crippen molar-refractivity contribution >= 4 is 35.8 Å². The Kier molecular flexibility index (Phi) is 11.2. The van der Waals surface area contributed by atoms with E-state index in [0.717, 1.165) is 0 Å². The Morgan fingerprint density at radius 3 is 2.36 bits per heavy atom. The van der Waals surface area contributed by atoms with Crippen LogP contribution in [0.15, 0.2) is 29.3 Å². The topological polar surface area (TPSA) is 74.8 Å². The third kappa shape index (κ3) is 11.9. The fourth-order valence-electron chi connectivity index (χ4n) is 2.07. The number of halogens is 4. The maximum atomic E-state index is 12.4. The molecule has 0 aromatic heterocycles. The first-order valence-electron chi connectivity index (χ1n) is 8.61. The van der Waals surface area contributed by atoms with Crippen molar-refractivity contribution < 1.29 is 22.7 Å². The number of amides is 1. The van der Waals surface area contributed by atoms with E-state index in [0.29, 0.717) is 18.1 Å². The van der Waals surface area contributed by atoms with Gasteiger partial charge in [0.25, 0.3) is 0 Å². The van der Waals surface area contributed by atoms with Crippen molar-refractivity contribution in [3.05, 3.63) is 29.8 Å². The Morgan fingerprint density at radius 1 is 1.14 bits per heavy atom. The van der Waals surface area contributed by atoms with Crippen LogP contribution in [0.4, 0.5) is 13.2 Å². The van der Waals surface area contributed by atoms with Gasteiger partial charge in [-0.2, -0.15) is 13.2 Å². The lowest BCUT2D eigenvalue weighted by atomic mass is 10.1. The molecule has 0 fully saturated rings. The second kappa shape index (κ2) is 12.0. The molecule has 0 spiro atoms. The first kappa shape index (κ1) is 26.3. The van der Waals surface area contributed by atoms with Gasteiger partial charge in [0, 0.05) is 17.6 Å². The minimum Gasteiger partial charge on any atom is -0.484 e. The number of carbonyl (C=O) groups is 1. The SMILES string of the molecule is CCNC(=NCc1ccccc1OCC(F)(F)F)NCC(=O)NC(C)(C)C.I. The number of carbonyl (C=O) groups excluding carboxylic acids is 1. The third-order valence-electron chi connectivity index (χ3n) is 3.05. The van der Waals surface area contributed by atoms with Gasteiger partial charge in [-0.1, -0.05) is 18.2 Å². The van der Waals surface area contributed by atoms with Crippen molar-refractivity contribution in [1.82, 2.24) is 16.0 Å². The van der Waals surface area contributed by atoms with Crippen molar-refractivity contribution in [2.75, 3.05) is 19.7 Å². The molecular weight excluding hydrogens is 488 g/mol. The van der Waals surface area contributed by atoms with Crippen LogP contribution in [0.3, 0.4) is 0 Å². The number of hydrogen-bond acceptors (Lipinski definition) is 3. The lowest BCUT2D eigenvalue weighted by Gasteiger charge is -2.21. The number of nitrogens with one attached hydrogen (secondary N) is 3. The molecule has 0 aliphatic heterocycles. The molecule has 10 heteroatoms. The summed E-state index contributed by atoms with van der Waals surface area (Å²) in [5.74, 6) is 0.314. The van der Waals surface area contributed by atoms with Gasteiger partial charge < -0.3 is 20.7 Å². The number of rotatable bonds is 7. The largest absolute Gasteiger partial charge is 0.484 e. The van der Waals surface area contributed by atoms with Gasteiger partial charge in [-0.15, -0.1) is 24.0 Å². The van der Waals surface area contributed by atoms with Gasteiger partial charge in [-0.05, 0) is 33.8 Å². The second-order valence-corrected chi connectivity index (χ2v) is 6.86. The number of benzene rings is 1. The van der Waals surface area contributed by atoms with Gasteiger partial charge in [-0.25, -0.2) is 4.99 Å². The number of guanidine groups is 1. The molecule has 0 bridgehead atoms. The molecule has 0 saturated carbocycles. The standard InChI is InChI=1S/C18H27F3N4O2.HI/c1-5-22-16(24-11-15(26)25-17(2,3)4)23-10-13-8-6-7-9-14(13)27-12-18(19,20)21;/h6-9H,5,10-12H2,1-4H3,(H,25,26)(H2,22,23,24);1H. The Balaban J connectivity index is 0.00000729. The Labute approximate surface area is 180 Å². The quantitative estimate of drug-likeness (QED) is 0.296. The van der Waals surface area contributed by atoms with Crippen molar-refractivity contribution in [3.63, 3.8) is 0 Å². The van der Waals surface area contributed by atoms with E-state index in [9.17, 15) is 18.0 Å². The molecule has 0 atom stereocenters. The molecular formula is C18H28F3IN4O2. The van der Waals surface area contributed by atoms with Crippen LogP contribution < -0.4 is 20.7 Å². The molecule has 1 aromatic rings. The van der Waals surface area contributed by atoms with Crippen LogP contribution in [0.2, 0.25) is 0 Å². The van der Waals surface area contributed by atoms with Crippen molar-refractivity contribution in [2.45, 2.75) is 46.0 Å². The summed E-state index contributed by atoms with van der Waals surface area (Å²) in [6, 6.07) is 6.40. The zero-order valence-electron chi connectivity index (χ0n) is 16.4. The Morgan fingerprint density at radius 2 is 1.79 bits per heavy atom. The van der Waals surface area contributed by atoms with Gasteiger partial charge in [0.1, 0.15) is 5.75 Å². The van der Waals surface area contributed by atoms with Crippen LogP contribution in [-0.2, 0) is 11.3 Å². The van der Waals surface area contributed by atoms with E-state index in [4.69, 9.17) is 4.74 Å². The first-order chi connectivity index (χ1) is 12.5. The lowest BCUT2D eigenvalue weighted by Crippen LogP contribution is -2.48. The number of para-hydroxylation sites is 1. The minimum atomic E-state index is -4.41. The molecule has 3 N–H and O–H groups in total. The number of aliphatic imine (C=N–C) groups is 1. The predicted octanol–water partition coefficient (Wildman–Crippen LogP) is 3.22. The van der Waals surface area contributed by atoms with Crippen LogP contribution in [0, 0.1) is 0 Å².